The summed E-state index contributed by atoms with van der Waals surface area (Å²) in [6, 6.07) is 33.0. The van der Waals surface area contributed by atoms with Crippen LogP contribution < -0.4 is 21.0 Å². The Bertz CT molecular complexity index is 769. The van der Waals surface area contributed by atoms with Crippen LogP contribution in [-0.4, -0.2) is 17.9 Å². The first-order valence-electron chi connectivity index (χ1n) is 9.25. The molecule has 144 valence electrons. The predicted octanol–water partition coefficient (Wildman–Crippen LogP) is 2.72. The van der Waals surface area contributed by atoms with Crippen LogP contribution in [0.3, 0.4) is 0 Å². The van der Waals surface area contributed by atoms with Gasteiger partial charge in [0.05, 0.1) is 6.16 Å². The van der Waals surface area contributed by atoms with Crippen LogP contribution in [0.1, 0.15) is 20.3 Å². The standard InChI is InChI=1S/C20H20P.C4H6O3/c1-2-21(18-12-6-3-7-13-18,19-14-8-4-9-15-19)20-16-10-5-11-17-20;1-3(5)2-4(6)7/h3-17H,2H2,1H3;2H2,1H3,(H,6,7)/q+1;/p-1. The Hall–Kier alpha value is -2.77. The zero-order valence-electron chi connectivity index (χ0n) is 16.2. The van der Waals surface area contributed by atoms with Crippen molar-refractivity contribution in [3.05, 3.63) is 91.0 Å². The molecule has 4 heteroatoms. The van der Waals surface area contributed by atoms with E-state index in [1.807, 2.05) is 0 Å². The van der Waals surface area contributed by atoms with Gasteiger partial charge in [-0.15, -0.1) is 0 Å². The second-order valence-corrected chi connectivity index (χ2v) is 10.2. The highest BCUT2D eigenvalue weighted by Gasteiger charge is 2.43. The van der Waals surface area contributed by atoms with Gasteiger partial charge in [-0.05, 0) is 50.2 Å². The topological polar surface area (TPSA) is 57.2 Å². The molecular formula is C24H25O3P. The lowest BCUT2D eigenvalue weighted by Crippen LogP contribution is -2.32. The van der Waals surface area contributed by atoms with Crippen molar-refractivity contribution in [2.24, 2.45) is 0 Å². The smallest absolute Gasteiger partial charge is 0.135 e. The Morgan fingerprint density at radius 2 is 1.04 bits per heavy atom. The number of benzene rings is 3. The van der Waals surface area contributed by atoms with Crippen LogP contribution in [0, 0.1) is 0 Å². The summed E-state index contributed by atoms with van der Waals surface area (Å²) in [6.07, 6.45) is 0.672. The third kappa shape index (κ3) is 5.37. The van der Waals surface area contributed by atoms with Gasteiger partial charge in [0.15, 0.2) is 0 Å². The van der Waals surface area contributed by atoms with Crippen molar-refractivity contribution in [3.63, 3.8) is 0 Å². The minimum Gasteiger partial charge on any atom is -0.550 e. The van der Waals surface area contributed by atoms with Gasteiger partial charge >= 0.3 is 0 Å². The quantitative estimate of drug-likeness (QED) is 0.479. The van der Waals surface area contributed by atoms with E-state index in [1.54, 1.807) is 0 Å². The summed E-state index contributed by atoms with van der Waals surface area (Å²) >= 11 is 0. The highest BCUT2D eigenvalue weighted by molar-refractivity contribution is 7.95. The molecule has 0 atom stereocenters. The van der Waals surface area contributed by atoms with Crippen LogP contribution in [-0.2, 0) is 9.59 Å². The molecule has 0 fully saturated rings. The molecule has 0 spiro atoms. The lowest BCUT2D eigenvalue weighted by atomic mass is 10.3. The maximum absolute atomic E-state index is 9.83. The molecule has 3 aromatic rings. The second-order valence-electron chi connectivity index (χ2n) is 6.38. The first kappa shape index (κ1) is 21.5. The second kappa shape index (κ2) is 10.5. The molecule has 3 aromatic carbocycles. The van der Waals surface area contributed by atoms with E-state index in [0.717, 1.165) is 6.16 Å². The summed E-state index contributed by atoms with van der Waals surface area (Å²) in [5.74, 6) is -1.69. The van der Waals surface area contributed by atoms with E-state index in [0.29, 0.717) is 0 Å². The van der Waals surface area contributed by atoms with Gasteiger partial charge in [-0.25, -0.2) is 0 Å². The highest BCUT2D eigenvalue weighted by Crippen LogP contribution is 2.54. The SMILES string of the molecule is CC(=O)CC(=O)[O-].CC[P+](c1ccccc1)(c1ccccc1)c1ccccc1. The Morgan fingerprint density at radius 3 is 1.21 bits per heavy atom. The maximum Gasteiger partial charge on any atom is 0.135 e. The summed E-state index contributed by atoms with van der Waals surface area (Å²) in [7, 11) is -1.53. The van der Waals surface area contributed by atoms with Gasteiger partial charge in [0.2, 0.25) is 0 Å². The zero-order valence-corrected chi connectivity index (χ0v) is 17.1. The minimum absolute atomic E-state index is 0.375. The molecule has 0 aliphatic rings. The van der Waals surface area contributed by atoms with Crippen LogP contribution >= 0.6 is 7.26 Å². The van der Waals surface area contributed by atoms with Crippen LogP contribution in [0.5, 0.6) is 0 Å². The molecule has 28 heavy (non-hydrogen) atoms. The summed E-state index contributed by atoms with van der Waals surface area (Å²) in [6.45, 7) is 3.52. The number of hydrogen-bond donors (Lipinski definition) is 0. The van der Waals surface area contributed by atoms with E-state index in [4.69, 9.17) is 0 Å². The van der Waals surface area contributed by atoms with Crippen molar-refractivity contribution in [2.45, 2.75) is 20.3 Å². The number of hydrogen-bond acceptors (Lipinski definition) is 3. The van der Waals surface area contributed by atoms with Crippen LogP contribution in [0.15, 0.2) is 91.0 Å². The van der Waals surface area contributed by atoms with E-state index in [1.165, 1.54) is 22.8 Å². The number of ketones is 1. The van der Waals surface area contributed by atoms with Crippen molar-refractivity contribution in [1.82, 2.24) is 0 Å². The molecule has 3 nitrogen and oxygen atoms in total. The van der Waals surface area contributed by atoms with Crippen molar-refractivity contribution in [2.75, 3.05) is 6.16 Å². The van der Waals surface area contributed by atoms with Crippen molar-refractivity contribution in [3.8, 4) is 0 Å². The van der Waals surface area contributed by atoms with Gasteiger partial charge in [-0.2, -0.15) is 0 Å². The number of carbonyl (C=O) groups excluding carboxylic acids is 2. The molecule has 3 rings (SSSR count). The average molecular weight is 392 g/mol. The summed E-state index contributed by atoms with van der Waals surface area (Å²) in [4.78, 5) is 19.3. The van der Waals surface area contributed by atoms with Gasteiger partial charge in [0.25, 0.3) is 0 Å². The van der Waals surface area contributed by atoms with E-state index in [2.05, 4.69) is 97.9 Å². The summed E-state index contributed by atoms with van der Waals surface area (Å²) in [5, 5.41) is 13.9. The fourth-order valence-corrected chi connectivity index (χ4v) is 7.28. The van der Waals surface area contributed by atoms with Crippen molar-refractivity contribution in [1.29, 1.82) is 0 Å². The summed E-state index contributed by atoms with van der Waals surface area (Å²) in [5.41, 5.74) is 0. The van der Waals surface area contributed by atoms with Crippen molar-refractivity contribution >= 4 is 34.9 Å². The van der Waals surface area contributed by atoms with Crippen LogP contribution in [0.2, 0.25) is 0 Å². The molecule has 0 amide bonds. The first-order chi connectivity index (χ1) is 13.5. The number of carboxylic acids is 1. The molecule has 0 radical (unpaired) electrons. The molecular weight excluding hydrogens is 367 g/mol. The van der Waals surface area contributed by atoms with E-state index in [-0.39, 0.29) is 5.78 Å². The monoisotopic (exact) mass is 392 g/mol. The molecule has 0 aromatic heterocycles. The van der Waals surface area contributed by atoms with Gasteiger partial charge < -0.3 is 9.90 Å². The number of carboxylic acid groups (broad SMARTS) is 1. The molecule has 0 unspecified atom stereocenters. The third-order valence-electron chi connectivity index (χ3n) is 4.46. The molecule has 0 N–H and O–H groups in total. The molecule has 0 saturated carbocycles. The van der Waals surface area contributed by atoms with Crippen LogP contribution in [0.25, 0.3) is 0 Å². The number of rotatable bonds is 6. The van der Waals surface area contributed by atoms with Crippen molar-refractivity contribution < 1.29 is 14.7 Å². The number of aliphatic carboxylic acids is 1. The molecule has 0 aliphatic carbocycles. The van der Waals surface area contributed by atoms with E-state index < -0.39 is 19.7 Å². The van der Waals surface area contributed by atoms with Gasteiger partial charge in [0.1, 0.15) is 29.0 Å². The Morgan fingerprint density at radius 1 is 0.714 bits per heavy atom. The Balaban J connectivity index is 0.000000345. The van der Waals surface area contributed by atoms with Gasteiger partial charge in [0, 0.05) is 12.4 Å². The van der Waals surface area contributed by atoms with E-state index in [9.17, 15) is 14.7 Å². The fraction of sp³-hybridized carbons (Fsp3) is 0.167. The molecule has 0 heterocycles. The van der Waals surface area contributed by atoms with Gasteiger partial charge in [-0.1, -0.05) is 54.6 Å². The number of Topliss-reactive ketones (excluding diaryl/α,β-unsaturated/α-hetero) is 1. The minimum atomic E-state index is -1.53. The molecule has 0 aliphatic heterocycles. The Kier molecular flexibility index (Phi) is 8.10. The Labute approximate surface area is 167 Å². The first-order valence-corrected chi connectivity index (χ1v) is 11.2. The lowest BCUT2D eigenvalue weighted by molar-refractivity contribution is -0.304. The van der Waals surface area contributed by atoms with E-state index >= 15 is 0 Å². The summed E-state index contributed by atoms with van der Waals surface area (Å²) < 4.78 is 0. The normalized spacial score (nSPS) is 10.5. The van der Waals surface area contributed by atoms with Gasteiger partial charge in [-0.3, -0.25) is 4.79 Å². The highest BCUT2D eigenvalue weighted by atomic mass is 31.2. The maximum atomic E-state index is 9.83. The fourth-order valence-electron chi connectivity index (χ4n) is 3.25. The van der Waals surface area contributed by atoms with Crippen LogP contribution in [0.4, 0.5) is 0 Å². The molecule has 0 bridgehead atoms. The molecule has 0 saturated heterocycles. The predicted molar refractivity (Wildman–Crippen MR) is 116 cm³/mol. The largest absolute Gasteiger partial charge is 0.550 e. The lowest BCUT2D eigenvalue weighted by Gasteiger charge is -2.26. The third-order valence-corrected chi connectivity index (χ3v) is 8.95. The number of carbonyl (C=O) groups is 2. The zero-order chi connectivity index (χ0) is 20.4. The average Bonchev–Trinajstić information content (AvgIpc) is 2.71.